The van der Waals surface area contributed by atoms with Crippen LogP contribution < -0.4 is 10.0 Å². The number of benzene rings is 5. The number of carbonyl (C=O) groups excluding carboxylic acids is 1. The number of primary sulfonamides is 1. The molecule has 3 N–H and O–H groups in total. The second kappa shape index (κ2) is 9.57. The van der Waals surface area contributed by atoms with Gasteiger partial charge in [-0.05, 0) is 40.5 Å². The average Bonchev–Trinajstić information content (AvgIpc) is 3.22. The summed E-state index contributed by atoms with van der Waals surface area (Å²) in [5, 5.41) is 17.7. The molecule has 0 saturated heterocycles. The molecule has 1 heterocycles. The topological polar surface area (TPSA) is 101 Å². The molecule has 0 aromatic heterocycles. The maximum absolute atomic E-state index is 14.9. The molecule has 0 aliphatic carbocycles. The van der Waals surface area contributed by atoms with Crippen LogP contribution in [0.1, 0.15) is 27.8 Å². The van der Waals surface area contributed by atoms with E-state index in [0.717, 1.165) is 16.7 Å². The third-order valence-corrected chi connectivity index (χ3v) is 8.49. The molecule has 1 aliphatic heterocycles. The van der Waals surface area contributed by atoms with E-state index in [2.05, 4.69) is 0 Å². The molecule has 7 heteroatoms. The fourth-order valence-corrected chi connectivity index (χ4v) is 6.30. The van der Waals surface area contributed by atoms with E-state index in [1.54, 1.807) is 17.0 Å². The molecule has 6 rings (SSSR count). The van der Waals surface area contributed by atoms with E-state index in [1.165, 1.54) is 24.3 Å². The molecule has 1 aliphatic rings. The monoisotopic (exact) mass is 546 g/mol. The number of carbonyl (C=O) groups is 1. The molecular formula is C33H26N2O4S. The van der Waals surface area contributed by atoms with Gasteiger partial charge < -0.3 is 5.11 Å². The predicted molar refractivity (Wildman–Crippen MR) is 154 cm³/mol. The second-order valence-corrected chi connectivity index (χ2v) is 11.3. The molecule has 1 amide bonds. The maximum Gasteiger partial charge on any atom is 0.269 e. The summed E-state index contributed by atoms with van der Waals surface area (Å²) >= 11 is 0. The molecule has 0 bridgehead atoms. The Bertz CT molecular complexity index is 1700. The molecule has 40 heavy (non-hydrogen) atoms. The molecular weight excluding hydrogens is 520 g/mol. The number of hydrogen-bond donors (Lipinski definition) is 2. The number of nitrogens with zero attached hydrogens (tertiary/aromatic N) is 1. The molecule has 1 atom stereocenters. The van der Waals surface area contributed by atoms with Gasteiger partial charge in [-0.1, -0.05) is 121 Å². The first-order chi connectivity index (χ1) is 19.3. The number of amides is 1. The number of para-hydroxylation sites is 1. The van der Waals surface area contributed by atoms with E-state index in [9.17, 15) is 18.3 Å². The molecule has 6 nitrogen and oxygen atoms in total. The van der Waals surface area contributed by atoms with Crippen molar-refractivity contribution < 1.29 is 18.3 Å². The van der Waals surface area contributed by atoms with E-state index < -0.39 is 27.1 Å². The normalized spacial score (nSPS) is 17.1. The predicted octanol–water partition coefficient (Wildman–Crippen LogP) is 4.91. The van der Waals surface area contributed by atoms with Gasteiger partial charge in [-0.2, -0.15) is 0 Å². The van der Waals surface area contributed by atoms with Crippen molar-refractivity contribution in [1.82, 2.24) is 0 Å². The molecule has 0 saturated carbocycles. The zero-order valence-corrected chi connectivity index (χ0v) is 22.2. The average molecular weight is 547 g/mol. The first kappa shape index (κ1) is 25.7. The van der Waals surface area contributed by atoms with Gasteiger partial charge in [0.05, 0.1) is 10.6 Å². The molecule has 1 unspecified atom stereocenters. The highest BCUT2D eigenvalue weighted by atomic mass is 32.2. The Morgan fingerprint density at radius 1 is 0.625 bits per heavy atom. The minimum absolute atomic E-state index is 0.109. The van der Waals surface area contributed by atoms with Gasteiger partial charge in [0.2, 0.25) is 10.0 Å². The highest BCUT2D eigenvalue weighted by molar-refractivity contribution is 7.89. The van der Waals surface area contributed by atoms with Gasteiger partial charge in [0.15, 0.2) is 5.60 Å². The van der Waals surface area contributed by atoms with E-state index in [1.807, 2.05) is 103 Å². The number of hydrogen-bond acceptors (Lipinski definition) is 4. The SMILES string of the molecule is NS(=O)(=O)c1ccc(C2(O)C(=O)N(C(c3ccccc3)(c3ccccc3)c3ccccc3)c3ccccc32)cc1. The number of sulfonamides is 1. The van der Waals surface area contributed by atoms with Crippen LogP contribution in [-0.4, -0.2) is 19.4 Å². The lowest BCUT2D eigenvalue weighted by Gasteiger charge is -2.44. The van der Waals surface area contributed by atoms with Crippen molar-refractivity contribution in [2.75, 3.05) is 4.90 Å². The lowest BCUT2D eigenvalue weighted by molar-refractivity contribution is -0.133. The number of rotatable bonds is 6. The molecule has 0 fully saturated rings. The summed E-state index contributed by atoms with van der Waals surface area (Å²) < 4.78 is 23.8. The van der Waals surface area contributed by atoms with Crippen molar-refractivity contribution >= 4 is 21.6 Å². The van der Waals surface area contributed by atoms with Crippen LogP contribution in [0.2, 0.25) is 0 Å². The van der Waals surface area contributed by atoms with Crippen LogP contribution in [0.4, 0.5) is 5.69 Å². The van der Waals surface area contributed by atoms with Gasteiger partial charge in [-0.25, -0.2) is 13.6 Å². The van der Waals surface area contributed by atoms with Crippen molar-refractivity contribution in [2.24, 2.45) is 5.14 Å². The highest BCUT2D eigenvalue weighted by Gasteiger charge is 2.58. The zero-order chi connectivity index (χ0) is 28.0. The summed E-state index contributed by atoms with van der Waals surface area (Å²) in [4.78, 5) is 16.4. The van der Waals surface area contributed by atoms with Crippen molar-refractivity contribution in [3.63, 3.8) is 0 Å². The molecule has 198 valence electrons. The minimum Gasteiger partial charge on any atom is -0.372 e. The summed E-state index contributed by atoms with van der Waals surface area (Å²) in [6.07, 6.45) is 0. The smallest absolute Gasteiger partial charge is 0.269 e. The van der Waals surface area contributed by atoms with Crippen LogP contribution in [0.25, 0.3) is 0 Å². The Balaban J connectivity index is 1.68. The fraction of sp³-hybridized carbons (Fsp3) is 0.0606. The lowest BCUT2D eigenvalue weighted by atomic mass is 9.75. The molecule has 0 radical (unpaired) electrons. The van der Waals surface area contributed by atoms with Crippen LogP contribution in [0, 0.1) is 0 Å². The summed E-state index contributed by atoms with van der Waals surface area (Å²) in [5.74, 6) is -0.561. The van der Waals surface area contributed by atoms with Crippen LogP contribution in [0.5, 0.6) is 0 Å². The van der Waals surface area contributed by atoms with Crippen LogP contribution in [0.15, 0.2) is 144 Å². The van der Waals surface area contributed by atoms with Crippen LogP contribution in [-0.2, 0) is 26.0 Å². The van der Waals surface area contributed by atoms with Crippen molar-refractivity contribution in [2.45, 2.75) is 16.0 Å². The quantitative estimate of drug-likeness (QED) is 0.296. The standard InChI is InChI=1S/C33H26N2O4S/c34-40(38,39)28-22-20-27(21-23-28)33(37)29-18-10-11-19-30(29)35(31(33)36)32(24-12-4-1-5-13-24,25-14-6-2-7-15-25)26-16-8-3-9-17-26/h1-23,37H,(H2,34,38,39). The second-order valence-electron chi connectivity index (χ2n) is 9.75. The van der Waals surface area contributed by atoms with Crippen molar-refractivity contribution in [3.8, 4) is 0 Å². The van der Waals surface area contributed by atoms with Crippen molar-refractivity contribution in [3.05, 3.63) is 167 Å². The van der Waals surface area contributed by atoms with Gasteiger partial charge in [0, 0.05) is 5.56 Å². The van der Waals surface area contributed by atoms with Gasteiger partial charge in [-0.3, -0.25) is 9.69 Å². The molecule has 5 aromatic carbocycles. The Hall–Kier alpha value is -4.56. The van der Waals surface area contributed by atoms with E-state index in [4.69, 9.17) is 5.14 Å². The third-order valence-electron chi connectivity index (χ3n) is 7.56. The largest absolute Gasteiger partial charge is 0.372 e. The molecule has 5 aromatic rings. The minimum atomic E-state index is -3.96. The zero-order valence-electron chi connectivity index (χ0n) is 21.4. The number of anilines is 1. The van der Waals surface area contributed by atoms with E-state index in [0.29, 0.717) is 11.3 Å². The van der Waals surface area contributed by atoms with Crippen LogP contribution >= 0.6 is 0 Å². The summed E-state index contributed by atoms with van der Waals surface area (Å²) in [6, 6.07) is 41.9. The highest BCUT2D eigenvalue weighted by Crippen LogP contribution is 2.53. The Morgan fingerprint density at radius 2 is 1.05 bits per heavy atom. The van der Waals surface area contributed by atoms with Crippen LogP contribution in [0.3, 0.4) is 0 Å². The van der Waals surface area contributed by atoms with Crippen molar-refractivity contribution in [1.29, 1.82) is 0 Å². The summed E-state index contributed by atoms with van der Waals surface area (Å²) in [7, 11) is -3.96. The van der Waals surface area contributed by atoms with Gasteiger partial charge >= 0.3 is 0 Å². The Labute approximate surface area is 233 Å². The summed E-state index contributed by atoms with van der Waals surface area (Å²) in [5.41, 5.74) is 0.456. The van der Waals surface area contributed by atoms with E-state index in [-0.39, 0.29) is 10.5 Å². The Kier molecular flexibility index (Phi) is 6.15. The van der Waals surface area contributed by atoms with Gasteiger partial charge in [0.25, 0.3) is 5.91 Å². The number of aliphatic hydroxyl groups is 1. The number of fused-ring (bicyclic) bond motifs is 1. The summed E-state index contributed by atoms with van der Waals surface area (Å²) in [6.45, 7) is 0. The lowest BCUT2D eigenvalue weighted by Crippen LogP contribution is -2.53. The maximum atomic E-state index is 14.9. The fourth-order valence-electron chi connectivity index (χ4n) is 5.78. The number of nitrogens with two attached hydrogens (primary N) is 1. The van der Waals surface area contributed by atoms with Gasteiger partial charge in [0.1, 0.15) is 5.54 Å². The first-order valence-electron chi connectivity index (χ1n) is 12.8. The van der Waals surface area contributed by atoms with E-state index >= 15 is 0 Å². The van der Waals surface area contributed by atoms with Gasteiger partial charge in [-0.15, -0.1) is 0 Å². The third kappa shape index (κ3) is 3.78. The first-order valence-corrected chi connectivity index (χ1v) is 14.3. The molecule has 0 spiro atoms. The Morgan fingerprint density at radius 3 is 1.50 bits per heavy atom.